The second-order valence-corrected chi connectivity index (χ2v) is 6.17. The Morgan fingerprint density at radius 2 is 2.28 bits per heavy atom. The van der Waals surface area contributed by atoms with Gasteiger partial charge >= 0.3 is 0 Å². The smallest absolute Gasteiger partial charge is 0.241 e. The lowest BCUT2D eigenvalue weighted by Crippen LogP contribution is -2.35. The average Bonchev–Trinajstić information content (AvgIpc) is 2.80. The largest absolute Gasteiger partial charge is 0.380 e. The van der Waals surface area contributed by atoms with Crippen LogP contribution in [0.2, 0.25) is 0 Å². The first kappa shape index (κ1) is 13.5. The Kier molecular flexibility index (Phi) is 4.01. The summed E-state index contributed by atoms with van der Waals surface area (Å²) in [4.78, 5) is 0.312. The third-order valence-electron chi connectivity index (χ3n) is 3.02. The zero-order chi connectivity index (χ0) is 13.2. The van der Waals surface area contributed by atoms with Crippen LogP contribution in [0.3, 0.4) is 0 Å². The molecule has 1 saturated heterocycles. The number of benzene rings is 1. The van der Waals surface area contributed by atoms with Gasteiger partial charge in [0.05, 0.1) is 11.5 Å². The Morgan fingerprint density at radius 1 is 1.50 bits per heavy atom. The van der Waals surface area contributed by atoms with Crippen molar-refractivity contribution in [2.75, 3.05) is 13.2 Å². The van der Waals surface area contributed by atoms with Gasteiger partial charge in [-0.25, -0.2) is 13.1 Å². The number of hydrogen-bond acceptors (Lipinski definition) is 4. The van der Waals surface area contributed by atoms with Crippen molar-refractivity contribution in [1.82, 2.24) is 4.72 Å². The molecule has 1 unspecified atom stereocenters. The van der Waals surface area contributed by atoms with Crippen molar-refractivity contribution in [2.24, 2.45) is 5.73 Å². The molecule has 3 N–H and O–H groups in total. The van der Waals surface area contributed by atoms with Gasteiger partial charge in [0.15, 0.2) is 0 Å². The minimum Gasteiger partial charge on any atom is -0.380 e. The maximum Gasteiger partial charge on any atom is 0.241 e. The molecule has 2 rings (SSSR count). The number of aryl methyl sites for hydroxylation is 1. The molecule has 100 valence electrons. The lowest BCUT2D eigenvalue weighted by molar-refractivity contribution is 0.192. The fourth-order valence-electron chi connectivity index (χ4n) is 2.05. The van der Waals surface area contributed by atoms with Crippen LogP contribution in [0.1, 0.15) is 17.5 Å². The zero-order valence-corrected chi connectivity index (χ0v) is 11.2. The molecule has 1 aromatic carbocycles. The molecule has 0 bridgehead atoms. The van der Waals surface area contributed by atoms with Gasteiger partial charge in [-0.15, -0.1) is 0 Å². The summed E-state index contributed by atoms with van der Waals surface area (Å²) < 4.78 is 32.2. The number of ether oxygens (including phenoxy) is 1. The minimum absolute atomic E-state index is 0.122. The van der Waals surface area contributed by atoms with Crippen LogP contribution >= 0.6 is 0 Å². The van der Waals surface area contributed by atoms with Crippen LogP contribution in [0.25, 0.3) is 0 Å². The van der Waals surface area contributed by atoms with E-state index < -0.39 is 10.0 Å². The molecule has 0 aliphatic carbocycles. The van der Waals surface area contributed by atoms with E-state index in [1.807, 2.05) is 0 Å². The van der Waals surface area contributed by atoms with Crippen molar-refractivity contribution < 1.29 is 13.2 Å². The van der Waals surface area contributed by atoms with Gasteiger partial charge in [0, 0.05) is 19.2 Å². The summed E-state index contributed by atoms with van der Waals surface area (Å²) in [6.45, 7) is 3.24. The molecule has 0 aromatic heterocycles. The summed E-state index contributed by atoms with van der Waals surface area (Å²) in [7, 11) is -3.47. The van der Waals surface area contributed by atoms with Crippen LogP contribution in [0.4, 0.5) is 0 Å². The van der Waals surface area contributed by atoms with E-state index in [2.05, 4.69) is 4.72 Å². The van der Waals surface area contributed by atoms with E-state index >= 15 is 0 Å². The molecule has 1 aliphatic heterocycles. The fraction of sp³-hybridized carbons (Fsp3) is 0.500. The minimum atomic E-state index is -3.47. The lowest BCUT2D eigenvalue weighted by atomic mass is 10.1. The molecule has 1 fully saturated rings. The summed E-state index contributed by atoms with van der Waals surface area (Å²) in [6, 6.07) is 5.03. The summed E-state index contributed by atoms with van der Waals surface area (Å²) in [5, 5.41) is 0. The SMILES string of the molecule is Cc1cc(CN)ccc1S(=O)(=O)NC1CCOC1. The Hall–Kier alpha value is -0.950. The highest BCUT2D eigenvalue weighted by Crippen LogP contribution is 2.18. The predicted octanol–water partition coefficient (Wildman–Crippen LogP) is 0.521. The van der Waals surface area contributed by atoms with Gasteiger partial charge in [-0.3, -0.25) is 0 Å². The van der Waals surface area contributed by atoms with Crippen molar-refractivity contribution in [3.63, 3.8) is 0 Å². The molecular formula is C12H18N2O3S. The van der Waals surface area contributed by atoms with Gasteiger partial charge < -0.3 is 10.5 Å². The van der Waals surface area contributed by atoms with E-state index in [4.69, 9.17) is 10.5 Å². The Balaban J connectivity index is 2.23. The van der Waals surface area contributed by atoms with Crippen molar-refractivity contribution in [2.45, 2.75) is 30.8 Å². The number of nitrogens with one attached hydrogen (secondary N) is 1. The van der Waals surface area contributed by atoms with Crippen LogP contribution in [0.15, 0.2) is 23.1 Å². The quantitative estimate of drug-likeness (QED) is 0.836. The molecule has 1 aromatic rings. The second-order valence-electron chi connectivity index (χ2n) is 4.49. The number of sulfonamides is 1. The number of nitrogens with two attached hydrogens (primary N) is 1. The summed E-state index contributed by atoms with van der Waals surface area (Å²) in [5.74, 6) is 0. The van der Waals surface area contributed by atoms with Crippen LogP contribution < -0.4 is 10.5 Å². The maximum atomic E-state index is 12.2. The van der Waals surface area contributed by atoms with E-state index in [1.165, 1.54) is 0 Å². The van der Waals surface area contributed by atoms with E-state index in [-0.39, 0.29) is 6.04 Å². The Labute approximate surface area is 107 Å². The molecule has 0 spiro atoms. The maximum absolute atomic E-state index is 12.2. The fourth-order valence-corrected chi connectivity index (χ4v) is 3.53. The highest BCUT2D eigenvalue weighted by molar-refractivity contribution is 7.89. The summed E-state index contributed by atoms with van der Waals surface area (Å²) in [5.41, 5.74) is 7.17. The first-order valence-electron chi connectivity index (χ1n) is 5.92. The van der Waals surface area contributed by atoms with E-state index in [1.54, 1.807) is 25.1 Å². The van der Waals surface area contributed by atoms with E-state index in [0.29, 0.717) is 30.2 Å². The lowest BCUT2D eigenvalue weighted by Gasteiger charge is -2.13. The average molecular weight is 270 g/mol. The van der Waals surface area contributed by atoms with Gasteiger partial charge in [-0.1, -0.05) is 12.1 Å². The van der Waals surface area contributed by atoms with Crippen molar-refractivity contribution in [1.29, 1.82) is 0 Å². The highest BCUT2D eigenvalue weighted by Gasteiger charge is 2.24. The normalized spacial score (nSPS) is 20.2. The molecule has 1 aliphatic rings. The van der Waals surface area contributed by atoms with Crippen LogP contribution in [-0.2, 0) is 21.3 Å². The second kappa shape index (κ2) is 5.36. The Morgan fingerprint density at radius 3 is 2.83 bits per heavy atom. The predicted molar refractivity (Wildman–Crippen MR) is 68.6 cm³/mol. The van der Waals surface area contributed by atoms with Crippen molar-refractivity contribution >= 4 is 10.0 Å². The van der Waals surface area contributed by atoms with Gasteiger partial charge in [-0.05, 0) is 30.5 Å². The number of hydrogen-bond donors (Lipinski definition) is 2. The monoisotopic (exact) mass is 270 g/mol. The van der Waals surface area contributed by atoms with Crippen LogP contribution in [0.5, 0.6) is 0 Å². The zero-order valence-electron chi connectivity index (χ0n) is 10.3. The highest BCUT2D eigenvalue weighted by atomic mass is 32.2. The van der Waals surface area contributed by atoms with Gasteiger partial charge in [0.25, 0.3) is 0 Å². The molecule has 5 nitrogen and oxygen atoms in total. The third kappa shape index (κ3) is 2.89. The van der Waals surface area contributed by atoms with Gasteiger partial charge in [-0.2, -0.15) is 0 Å². The van der Waals surface area contributed by atoms with E-state index in [9.17, 15) is 8.42 Å². The molecule has 1 atom stereocenters. The van der Waals surface area contributed by atoms with Crippen LogP contribution in [-0.4, -0.2) is 27.7 Å². The molecule has 18 heavy (non-hydrogen) atoms. The first-order valence-corrected chi connectivity index (χ1v) is 7.41. The molecule has 6 heteroatoms. The Bertz CT molecular complexity index is 522. The summed E-state index contributed by atoms with van der Waals surface area (Å²) in [6.07, 6.45) is 0.721. The van der Waals surface area contributed by atoms with Gasteiger partial charge in [0.1, 0.15) is 0 Å². The molecule has 0 radical (unpaired) electrons. The van der Waals surface area contributed by atoms with Crippen molar-refractivity contribution in [3.05, 3.63) is 29.3 Å². The topological polar surface area (TPSA) is 81.4 Å². The summed E-state index contributed by atoms with van der Waals surface area (Å²) >= 11 is 0. The van der Waals surface area contributed by atoms with Crippen molar-refractivity contribution in [3.8, 4) is 0 Å². The van der Waals surface area contributed by atoms with Crippen LogP contribution in [0, 0.1) is 6.92 Å². The third-order valence-corrected chi connectivity index (χ3v) is 4.70. The molecular weight excluding hydrogens is 252 g/mol. The van der Waals surface area contributed by atoms with E-state index in [0.717, 1.165) is 12.0 Å². The number of rotatable bonds is 4. The molecule has 1 heterocycles. The standard InChI is InChI=1S/C12H18N2O3S/c1-9-6-10(7-13)2-3-12(9)18(15,16)14-11-4-5-17-8-11/h2-3,6,11,14H,4-5,7-8,13H2,1H3. The first-order chi connectivity index (χ1) is 8.53. The van der Waals surface area contributed by atoms with Gasteiger partial charge in [0.2, 0.25) is 10.0 Å². The molecule has 0 saturated carbocycles. The molecule has 0 amide bonds.